The average molecular weight is 501 g/mol. The van der Waals surface area contributed by atoms with Gasteiger partial charge in [0, 0.05) is 31.0 Å². The molecule has 4 aromatic rings. The van der Waals surface area contributed by atoms with E-state index in [-0.39, 0.29) is 17.2 Å². The molecule has 0 saturated carbocycles. The summed E-state index contributed by atoms with van der Waals surface area (Å²) in [5.74, 6) is -0.128. The van der Waals surface area contributed by atoms with Gasteiger partial charge < -0.3 is 25.6 Å². The van der Waals surface area contributed by atoms with Crippen LogP contribution in [0.2, 0.25) is 0 Å². The Labute approximate surface area is 214 Å². The zero-order valence-electron chi connectivity index (χ0n) is 20.9. The molecular formula is C26H28N8O3. The van der Waals surface area contributed by atoms with Crippen molar-refractivity contribution in [3.8, 4) is 17.0 Å². The van der Waals surface area contributed by atoms with Crippen molar-refractivity contribution in [3.63, 3.8) is 0 Å². The Morgan fingerprint density at radius 3 is 2.78 bits per heavy atom. The number of nitrogens with zero attached hydrogens (tertiary/aromatic N) is 5. The maximum atomic E-state index is 12.9. The summed E-state index contributed by atoms with van der Waals surface area (Å²) < 4.78 is 7.31. The fourth-order valence-corrected chi connectivity index (χ4v) is 3.63. The van der Waals surface area contributed by atoms with Gasteiger partial charge in [0.1, 0.15) is 5.75 Å². The molecule has 3 heterocycles. The molecule has 0 aliphatic carbocycles. The lowest BCUT2D eigenvalue weighted by atomic mass is 10.1. The Bertz CT molecular complexity index is 1450. The van der Waals surface area contributed by atoms with Crippen LogP contribution in [0, 0.1) is 0 Å². The lowest BCUT2D eigenvalue weighted by Gasteiger charge is -2.17. The molecule has 0 saturated heterocycles. The third-order valence-corrected chi connectivity index (χ3v) is 5.48. The molecule has 0 bridgehead atoms. The van der Waals surface area contributed by atoms with Gasteiger partial charge in [0.25, 0.3) is 5.91 Å². The fourth-order valence-electron chi connectivity index (χ4n) is 3.63. The van der Waals surface area contributed by atoms with Crippen LogP contribution in [0.5, 0.6) is 5.75 Å². The van der Waals surface area contributed by atoms with Gasteiger partial charge in [0.05, 0.1) is 41.5 Å². The smallest absolute Gasteiger partial charge is 0.253 e. The molecule has 11 nitrogen and oxygen atoms in total. The molecule has 4 rings (SSSR count). The number of rotatable bonds is 10. The maximum Gasteiger partial charge on any atom is 0.253 e. The number of anilines is 3. The standard InChI is InChI=1S/C26H28N8O3/c1-5-24(35)30-20-15-21(23(37-4)14-17(20)25(36)27-11-13-33(2)3)32-26-28-10-9-19(31-26)18-16-29-34-12-7-6-8-22(18)34/h5-10,12,14-16H,1,11,13H2,2-4H3,(H,27,36)(H,30,35)(H,28,31,32). The second-order valence-electron chi connectivity index (χ2n) is 8.33. The first-order chi connectivity index (χ1) is 17.9. The molecule has 2 amide bonds. The number of hydrogen-bond donors (Lipinski definition) is 3. The van der Waals surface area contributed by atoms with Crippen molar-refractivity contribution in [1.29, 1.82) is 0 Å². The lowest BCUT2D eigenvalue weighted by Crippen LogP contribution is -2.32. The van der Waals surface area contributed by atoms with E-state index in [0.29, 0.717) is 36.2 Å². The van der Waals surface area contributed by atoms with Gasteiger partial charge in [0.2, 0.25) is 11.9 Å². The molecule has 3 N–H and O–H groups in total. The Morgan fingerprint density at radius 1 is 1.19 bits per heavy atom. The van der Waals surface area contributed by atoms with Crippen molar-refractivity contribution in [2.24, 2.45) is 0 Å². The molecule has 0 radical (unpaired) electrons. The van der Waals surface area contributed by atoms with Gasteiger partial charge in [-0.1, -0.05) is 12.6 Å². The number of fused-ring (bicyclic) bond motifs is 1. The van der Waals surface area contributed by atoms with Crippen molar-refractivity contribution < 1.29 is 14.3 Å². The van der Waals surface area contributed by atoms with Crippen LogP contribution in [0.3, 0.4) is 0 Å². The molecule has 0 aliphatic heterocycles. The second kappa shape index (κ2) is 11.3. The highest BCUT2D eigenvalue weighted by molar-refractivity contribution is 6.07. The molecule has 0 spiro atoms. The predicted octanol–water partition coefficient (Wildman–Crippen LogP) is 2.96. The van der Waals surface area contributed by atoms with Gasteiger partial charge in [-0.05, 0) is 50.5 Å². The highest BCUT2D eigenvalue weighted by atomic mass is 16.5. The van der Waals surface area contributed by atoms with E-state index in [1.165, 1.54) is 7.11 Å². The van der Waals surface area contributed by atoms with Crippen molar-refractivity contribution in [2.75, 3.05) is 44.9 Å². The third-order valence-electron chi connectivity index (χ3n) is 5.48. The summed E-state index contributed by atoms with van der Waals surface area (Å²) >= 11 is 0. The normalized spacial score (nSPS) is 10.8. The number of amides is 2. The molecule has 3 aromatic heterocycles. The number of likely N-dealkylation sites (N-methyl/N-ethyl adjacent to an activating group) is 1. The van der Waals surface area contributed by atoms with Crippen molar-refractivity contribution >= 4 is 34.7 Å². The van der Waals surface area contributed by atoms with Gasteiger partial charge in [-0.3, -0.25) is 9.59 Å². The Morgan fingerprint density at radius 2 is 2.03 bits per heavy atom. The summed E-state index contributed by atoms with van der Waals surface area (Å²) in [6.07, 6.45) is 6.38. The van der Waals surface area contributed by atoms with E-state index in [1.807, 2.05) is 43.4 Å². The number of ether oxygens (including phenoxy) is 1. The number of carbonyl (C=O) groups excluding carboxylic acids is 2. The Kier molecular flexibility index (Phi) is 7.74. The van der Waals surface area contributed by atoms with Gasteiger partial charge in [-0.15, -0.1) is 0 Å². The minimum Gasteiger partial charge on any atom is -0.495 e. The topological polar surface area (TPSA) is 126 Å². The number of benzene rings is 1. The molecule has 190 valence electrons. The second-order valence-corrected chi connectivity index (χ2v) is 8.33. The summed E-state index contributed by atoms with van der Waals surface area (Å²) in [6.45, 7) is 4.60. The Hall–Kier alpha value is -4.77. The third kappa shape index (κ3) is 5.90. The fraction of sp³-hybridized carbons (Fsp3) is 0.192. The van der Waals surface area contributed by atoms with Crippen LogP contribution in [-0.2, 0) is 4.79 Å². The van der Waals surface area contributed by atoms with E-state index in [9.17, 15) is 9.59 Å². The highest BCUT2D eigenvalue weighted by Crippen LogP contribution is 2.34. The summed E-state index contributed by atoms with van der Waals surface area (Å²) in [4.78, 5) is 36.0. The maximum absolute atomic E-state index is 12.9. The van der Waals surface area contributed by atoms with E-state index < -0.39 is 5.91 Å². The highest BCUT2D eigenvalue weighted by Gasteiger charge is 2.19. The van der Waals surface area contributed by atoms with Gasteiger partial charge in [-0.25, -0.2) is 14.5 Å². The van der Waals surface area contributed by atoms with E-state index in [0.717, 1.165) is 17.2 Å². The van der Waals surface area contributed by atoms with Crippen LogP contribution in [0.15, 0.2) is 67.6 Å². The zero-order chi connectivity index (χ0) is 26.4. The summed E-state index contributed by atoms with van der Waals surface area (Å²) in [6, 6.07) is 10.7. The van der Waals surface area contributed by atoms with E-state index in [2.05, 4.69) is 37.6 Å². The summed E-state index contributed by atoms with van der Waals surface area (Å²) in [7, 11) is 5.32. The molecule has 37 heavy (non-hydrogen) atoms. The molecule has 0 atom stereocenters. The van der Waals surface area contributed by atoms with Crippen LogP contribution in [-0.4, -0.2) is 70.6 Å². The first-order valence-corrected chi connectivity index (χ1v) is 11.5. The molecular weight excluding hydrogens is 472 g/mol. The van der Waals surface area contributed by atoms with Crippen LogP contribution >= 0.6 is 0 Å². The van der Waals surface area contributed by atoms with Crippen LogP contribution in [0.25, 0.3) is 16.8 Å². The lowest BCUT2D eigenvalue weighted by molar-refractivity contribution is -0.111. The Balaban J connectivity index is 1.67. The first kappa shape index (κ1) is 25.3. The number of nitrogens with one attached hydrogen (secondary N) is 3. The van der Waals surface area contributed by atoms with Crippen molar-refractivity contribution in [1.82, 2.24) is 29.8 Å². The number of pyridine rings is 1. The summed E-state index contributed by atoms with van der Waals surface area (Å²) in [5.41, 5.74) is 3.43. The van der Waals surface area contributed by atoms with E-state index >= 15 is 0 Å². The monoisotopic (exact) mass is 500 g/mol. The number of hydrogen-bond acceptors (Lipinski definition) is 8. The number of methoxy groups -OCH3 is 1. The molecule has 0 aliphatic rings. The van der Waals surface area contributed by atoms with Crippen LogP contribution < -0.4 is 20.7 Å². The number of aromatic nitrogens is 4. The largest absolute Gasteiger partial charge is 0.495 e. The van der Waals surface area contributed by atoms with Gasteiger partial charge in [-0.2, -0.15) is 5.10 Å². The molecule has 0 unspecified atom stereocenters. The SMILES string of the molecule is C=CC(=O)Nc1cc(Nc2nccc(-c3cnn4ccccc34)n2)c(OC)cc1C(=O)NCCN(C)C. The molecule has 11 heteroatoms. The van der Waals surface area contributed by atoms with Gasteiger partial charge >= 0.3 is 0 Å². The van der Waals surface area contributed by atoms with Crippen LogP contribution in [0.1, 0.15) is 10.4 Å². The average Bonchev–Trinajstić information content (AvgIpc) is 3.33. The molecule has 1 aromatic carbocycles. The predicted molar refractivity (Wildman–Crippen MR) is 142 cm³/mol. The van der Waals surface area contributed by atoms with Crippen molar-refractivity contribution in [2.45, 2.75) is 0 Å². The van der Waals surface area contributed by atoms with E-state index in [4.69, 9.17) is 4.74 Å². The first-order valence-electron chi connectivity index (χ1n) is 11.5. The van der Waals surface area contributed by atoms with Crippen molar-refractivity contribution in [3.05, 3.63) is 73.2 Å². The zero-order valence-corrected chi connectivity index (χ0v) is 20.9. The minimum absolute atomic E-state index is 0.248. The van der Waals surface area contributed by atoms with Gasteiger partial charge in [0.15, 0.2) is 0 Å². The summed E-state index contributed by atoms with van der Waals surface area (Å²) in [5, 5.41) is 13.1. The number of carbonyl (C=O) groups is 2. The van der Waals surface area contributed by atoms with E-state index in [1.54, 1.807) is 35.1 Å². The minimum atomic E-state index is -0.454. The van der Waals surface area contributed by atoms with Crippen LogP contribution in [0.4, 0.5) is 17.3 Å². The quantitative estimate of drug-likeness (QED) is 0.284. The molecule has 0 fully saturated rings.